The Labute approximate surface area is 120 Å². The second-order valence-electron chi connectivity index (χ2n) is 5.69. The van der Waals surface area contributed by atoms with Gasteiger partial charge in [-0.1, -0.05) is 24.6 Å². The van der Waals surface area contributed by atoms with Crippen LogP contribution in [0.15, 0.2) is 24.3 Å². The zero-order valence-electron chi connectivity index (χ0n) is 11.2. The van der Waals surface area contributed by atoms with Crippen LogP contribution < -0.4 is 0 Å². The zero-order valence-corrected chi connectivity index (χ0v) is 11.2. The van der Waals surface area contributed by atoms with Crippen LogP contribution in [-0.4, -0.2) is 21.7 Å². The highest BCUT2D eigenvalue weighted by Crippen LogP contribution is 2.67. The van der Waals surface area contributed by atoms with Gasteiger partial charge in [0.15, 0.2) is 0 Å². The van der Waals surface area contributed by atoms with Gasteiger partial charge in [-0.15, -0.1) is 0 Å². The fourth-order valence-electron chi connectivity index (χ4n) is 3.81. The number of hydrogen-bond donors (Lipinski definition) is 0. The second-order valence-corrected chi connectivity index (χ2v) is 5.69. The molecule has 0 heterocycles. The molecule has 2 saturated carbocycles. The minimum atomic E-state index is -1.02. The second kappa shape index (κ2) is 4.61. The van der Waals surface area contributed by atoms with Gasteiger partial charge in [-0.25, -0.2) is 0 Å². The molecule has 1 aromatic rings. The van der Waals surface area contributed by atoms with Crippen molar-refractivity contribution in [2.24, 2.45) is 5.41 Å². The van der Waals surface area contributed by atoms with Crippen molar-refractivity contribution in [3.05, 3.63) is 50.1 Å². The van der Waals surface area contributed by atoms with Crippen LogP contribution in [-0.2, 0) is 4.79 Å². The van der Waals surface area contributed by atoms with Crippen LogP contribution in [0.5, 0.6) is 0 Å². The molecule has 0 N–H and O–H groups in total. The van der Waals surface area contributed by atoms with Crippen LogP contribution in [0.1, 0.15) is 37.2 Å². The largest absolute Gasteiger partial charge is 0.299 e. The van der Waals surface area contributed by atoms with Crippen molar-refractivity contribution in [3.8, 4) is 0 Å². The predicted octanol–water partition coefficient (Wildman–Crippen LogP) is 2.47. The van der Waals surface area contributed by atoms with Gasteiger partial charge in [-0.3, -0.25) is 25.0 Å². The zero-order chi connectivity index (χ0) is 15.2. The fraction of sp³-hybridized carbons (Fsp3) is 0.500. The van der Waals surface area contributed by atoms with E-state index in [1.54, 1.807) is 6.07 Å². The lowest BCUT2D eigenvalue weighted by atomic mass is 9.81. The van der Waals surface area contributed by atoms with E-state index in [1.807, 2.05) is 0 Å². The van der Waals surface area contributed by atoms with Crippen LogP contribution in [0.4, 0.5) is 5.69 Å². The molecule has 21 heavy (non-hydrogen) atoms. The number of nitro benzene ring substituents is 1. The summed E-state index contributed by atoms with van der Waals surface area (Å²) in [7, 11) is 0. The summed E-state index contributed by atoms with van der Waals surface area (Å²) < 4.78 is 0. The van der Waals surface area contributed by atoms with E-state index in [0.717, 1.165) is 12.8 Å². The van der Waals surface area contributed by atoms with Crippen molar-refractivity contribution in [2.45, 2.75) is 37.6 Å². The summed E-state index contributed by atoms with van der Waals surface area (Å²) in [6, 6.07) is 5.01. The number of nitrogens with zero attached hydrogens (tertiary/aromatic N) is 2. The van der Waals surface area contributed by atoms with Crippen LogP contribution >= 0.6 is 0 Å². The maximum absolute atomic E-state index is 12.3. The number of para-hydroxylation sites is 1. The first kappa shape index (κ1) is 13.7. The third-order valence-corrected chi connectivity index (χ3v) is 4.75. The van der Waals surface area contributed by atoms with Crippen LogP contribution in [0.3, 0.4) is 0 Å². The number of benzene rings is 1. The first-order valence-electron chi connectivity index (χ1n) is 6.90. The van der Waals surface area contributed by atoms with Gasteiger partial charge < -0.3 is 0 Å². The van der Waals surface area contributed by atoms with Crippen LogP contribution in [0.25, 0.3) is 0 Å². The van der Waals surface area contributed by atoms with Gasteiger partial charge in [0.25, 0.3) is 5.69 Å². The van der Waals surface area contributed by atoms with E-state index in [0.29, 0.717) is 18.4 Å². The Kier molecular flexibility index (Phi) is 3.00. The molecule has 0 radical (unpaired) electrons. The monoisotopic (exact) mass is 290 g/mol. The van der Waals surface area contributed by atoms with Gasteiger partial charge in [0.05, 0.1) is 10.8 Å². The van der Waals surface area contributed by atoms with E-state index in [2.05, 4.69) is 0 Å². The van der Waals surface area contributed by atoms with Gasteiger partial charge in [0, 0.05) is 23.0 Å². The van der Waals surface area contributed by atoms with Gasteiger partial charge in [-0.05, 0) is 12.8 Å². The molecule has 0 bridgehead atoms. The SMILES string of the molecule is O=C1CCCC[C@]12[C@H](c1ccccc1[N+](=O)[O-])[C@H]2[N+](=O)[O-]. The van der Waals surface area contributed by atoms with Gasteiger partial charge in [0.2, 0.25) is 6.04 Å². The number of nitro groups is 2. The molecule has 2 aliphatic carbocycles. The average molecular weight is 290 g/mol. The Balaban J connectivity index is 2.08. The lowest BCUT2D eigenvalue weighted by Gasteiger charge is -2.19. The molecule has 1 spiro atoms. The van der Waals surface area contributed by atoms with Gasteiger partial charge in [0.1, 0.15) is 11.2 Å². The summed E-state index contributed by atoms with van der Waals surface area (Å²) in [6.45, 7) is 0. The number of rotatable bonds is 3. The first-order valence-corrected chi connectivity index (χ1v) is 6.90. The third-order valence-electron chi connectivity index (χ3n) is 4.75. The van der Waals surface area contributed by atoms with Gasteiger partial charge >= 0.3 is 0 Å². The third kappa shape index (κ3) is 1.84. The topological polar surface area (TPSA) is 103 Å². The van der Waals surface area contributed by atoms with E-state index in [1.165, 1.54) is 18.2 Å². The Morgan fingerprint density at radius 1 is 1.14 bits per heavy atom. The Hall–Kier alpha value is -2.31. The highest BCUT2D eigenvalue weighted by molar-refractivity contribution is 5.91. The molecule has 0 saturated heterocycles. The molecule has 2 aliphatic rings. The highest BCUT2D eigenvalue weighted by Gasteiger charge is 2.78. The molecule has 3 rings (SSSR count). The Morgan fingerprint density at radius 2 is 1.86 bits per heavy atom. The summed E-state index contributed by atoms with van der Waals surface area (Å²) in [6.07, 6.45) is 2.29. The molecule has 0 aromatic heterocycles. The molecule has 110 valence electrons. The molecule has 7 heteroatoms. The number of hydrogen-bond acceptors (Lipinski definition) is 5. The summed E-state index contributed by atoms with van der Waals surface area (Å²) in [5, 5.41) is 22.5. The Morgan fingerprint density at radius 3 is 2.48 bits per heavy atom. The number of carbonyl (C=O) groups is 1. The van der Waals surface area contributed by atoms with Crippen LogP contribution in [0.2, 0.25) is 0 Å². The van der Waals surface area contributed by atoms with E-state index >= 15 is 0 Å². The molecule has 1 aromatic carbocycles. The van der Waals surface area contributed by atoms with Crippen molar-refractivity contribution in [1.29, 1.82) is 0 Å². The first-order chi connectivity index (χ1) is 10.00. The predicted molar refractivity (Wildman–Crippen MR) is 72.5 cm³/mol. The highest BCUT2D eigenvalue weighted by atomic mass is 16.6. The lowest BCUT2D eigenvalue weighted by molar-refractivity contribution is -0.502. The van der Waals surface area contributed by atoms with Crippen molar-refractivity contribution >= 4 is 11.5 Å². The van der Waals surface area contributed by atoms with Crippen molar-refractivity contribution in [1.82, 2.24) is 0 Å². The average Bonchev–Trinajstić information content (AvgIpc) is 3.12. The van der Waals surface area contributed by atoms with E-state index < -0.39 is 27.2 Å². The lowest BCUT2D eigenvalue weighted by Crippen LogP contribution is -2.27. The van der Waals surface area contributed by atoms with Crippen molar-refractivity contribution in [3.63, 3.8) is 0 Å². The van der Waals surface area contributed by atoms with E-state index in [4.69, 9.17) is 0 Å². The summed E-state index contributed by atoms with van der Waals surface area (Å²) in [5.41, 5.74) is -0.836. The molecule has 0 unspecified atom stereocenters. The molecule has 3 atom stereocenters. The van der Waals surface area contributed by atoms with Crippen LogP contribution in [0, 0.1) is 25.6 Å². The Bertz CT molecular complexity index is 644. The summed E-state index contributed by atoms with van der Waals surface area (Å²) in [5.74, 6) is -0.777. The molecule has 2 fully saturated rings. The molecule has 0 amide bonds. The standard InChI is InChI=1S/C14H14N2O5/c17-11-7-3-4-8-14(11)12(13(14)16(20)21)9-5-1-2-6-10(9)15(18)19/h1-2,5-6,12-13H,3-4,7-8H2/t12-,13-,14-/m1/s1. The molecule has 7 nitrogen and oxygen atoms in total. The molecular weight excluding hydrogens is 276 g/mol. The number of ketones is 1. The number of Topliss-reactive ketones (excluding diaryl/α,β-unsaturated/α-hetero) is 1. The normalized spacial score (nSPS) is 31.1. The maximum atomic E-state index is 12.3. The quantitative estimate of drug-likeness (QED) is 0.628. The smallest absolute Gasteiger partial charge is 0.273 e. The van der Waals surface area contributed by atoms with Crippen molar-refractivity contribution < 1.29 is 14.6 Å². The summed E-state index contributed by atoms with van der Waals surface area (Å²) >= 11 is 0. The van der Waals surface area contributed by atoms with Gasteiger partial charge in [-0.2, -0.15) is 0 Å². The maximum Gasteiger partial charge on any atom is 0.273 e. The molecular formula is C14H14N2O5. The summed E-state index contributed by atoms with van der Waals surface area (Å²) in [4.78, 5) is 33.8. The minimum absolute atomic E-state index is 0.112. The minimum Gasteiger partial charge on any atom is -0.299 e. The van der Waals surface area contributed by atoms with E-state index in [9.17, 15) is 25.0 Å². The number of carbonyl (C=O) groups excluding carboxylic acids is 1. The molecule has 0 aliphatic heterocycles. The fourth-order valence-corrected chi connectivity index (χ4v) is 3.81. The van der Waals surface area contributed by atoms with E-state index in [-0.39, 0.29) is 11.5 Å². The van der Waals surface area contributed by atoms with Crippen molar-refractivity contribution in [2.75, 3.05) is 0 Å².